The first-order valence-corrected chi connectivity index (χ1v) is 7.23. The van der Waals surface area contributed by atoms with Crippen LogP contribution in [0.5, 0.6) is 0 Å². The number of carbonyl (C=O) groups excluding carboxylic acids is 1. The van der Waals surface area contributed by atoms with E-state index in [2.05, 4.69) is 11.4 Å². The summed E-state index contributed by atoms with van der Waals surface area (Å²) in [7, 11) is 0. The van der Waals surface area contributed by atoms with Crippen LogP contribution in [0.4, 0.5) is 0 Å². The summed E-state index contributed by atoms with van der Waals surface area (Å²) in [5, 5.41) is 3.00. The third-order valence-corrected chi connectivity index (χ3v) is 4.10. The number of hydrogen-bond acceptors (Lipinski definition) is 1. The third kappa shape index (κ3) is 2.70. The van der Waals surface area contributed by atoms with Gasteiger partial charge in [-0.1, -0.05) is 54.6 Å². The zero-order valence-electron chi connectivity index (χ0n) is 11.1. The molecular formula is C17H16ClNO. The van der Waals surface area contributed by atoms with Gasteiger partial charge in [-0.25, -0.2) is 0 Å². The molecule has 0 fully saturated rings. The van der Waals surface area contributed by atoms with Crippen LogP contribution >= 0.6 is 11.6 Å². The summed E-state index contributed by atoms with van der Waals surface area (Å²) in [5.74, 6) is 0.0172. The van der Waals surface area contributed by atoms with Crippen molar-refractivity contribution < 1.29 is 4.79 Å². The summed E-state index contributed by atoms with van der Waals surface area (Å²) in [6.45, 7) is 0. The molecule has 2 aromatic carbocycles. The lowest BCUT2D eigenvalue weighted by molar-refractivity contribution is -0.121. The first kappa shape index (κ1) is 13.2. The summed E-state index contributed by atoms with van der Waals surface area (Å²) in [6, 6.07) is 17.8. The van der Waals surface area contributed by atoms with Crippen LogP contribution < -0.4 is 5.32 Å². The molecule has 102 valence electrons. The average Bonchev–Trinajstić information content (AvgIpc) is 2.76. The highest BCUT2D eigenvalue weighted by molar-refractivity contribution is 6.21. The van der Waals surface area contributed by atoms with E-state index in [-0.39, 0.29) is 17.3 Å². The summed E-state index contributed by atoms with van der Waals surface area (Å²) >= 11 is 6.38. The second-order valence-electron chi connectivity index (χ2n) is 5.13. The van der Waals surface area contributed by atoms with Crippen LogP contribution in [0.3, 0.4) is 0 Å². The molecule has 0 saturated heterocycles. The molecule has 0 spiro atoms. The van der Waals surface area contributed by atoms with E-state index in [0.717, 1.165) is 17.5 Å². The number of halogens is 1. The monoisotopic (exact) mass is 285 g/mol. The van der Waals surface area contributed by atoms with Crippen LogP contribution in [0.25, 0.3) is 0 Å². The van der Waals surface area contributed by atoms with Crippen molar-refractivity contribution in [3.05, 3.63) is 71.3 Å². The van der Waals surface area contributed by atoms with Gasteiger partial charge < -0.3 is 5.32 Å². The van der Waals surface area contributed by atoms with E-state index in [0.29, 0.717) is 6.42 Å². The minimum absolute atomic E-state index is 0.0172. The van der Waals surface area contributed by atoms with E-state index < -0.39 is 0 Å². The van der Waals surface area contributed by atoms with E-state index in [4.69, 9.17) is 11.6 Å². The van der Waals surface area contributed by atoms with Crippen LogP contribution in [0.2, 0.25) is 0 Å². The van der Waals surface area contributed by atoms with Crippen molar-refractivity contribution in [3.8, 4) is 0 Å². The number of nitrogens with one attached hydrogen (secondary N) is 1. The molecule has 2 atom stereocenters. The summed E-state index contributed by atoms with van der Waals surface area (Å²) in [5.41, 5.74) is 3.40. The van der Waals surface area contributed by atoms with Crippen molar-refractivity contribution in [3.63, 3.8) is 0 Å². The Morgan fingerprint density at radius 3 is 2.60 bits per heavy atom. The van der Waals surface area contributed by atoms with Gasteiger partial charge in [0.05, 0.1) is 17.8 Å². The standard InChI is InChI=1S/C17H16ClNO/c18-15-11-13-8-4-5-9-14(13)17(15)19-16(20)10-12-6-2-1-3-7-12/h1-9,15,17H,10-11H2,(H,19,20). The van der Waals surface area contributed by atoms with Gasteiger partial charge in [0.25, 0.3) is 0 Å². The van der Waals surface area contributed by atoms with E-state index in [9.17, 15) is 4.79 Å². The molecule has 0 aliphatic heterocycles. The first-order chi connectivity index (χ1) is 9.74. The Morgan fingerprint density at radius 1 is 1.10 bits per heavy atom. The number of rotatable bonds is 3. The number of hydrogen-bond donors (Lipinski definition) is 1. The predicted octanol–water partition coefficient (Wildman–Crippen LogP) is 3.25. The quantitative estimate of drug-likeness (QED) is 0.862. The summed E-state index contributed by atoms with van der Waals surface area (Å²) in [6.07, 6.45) is 1.21. The molecule has 0 saturated carbocycles. The summed E-state index contributed by atoms with van der Waals surface area (Å²) < 4.78 is 0. The Balaban J connectivity index is 1.70. The predicted molar refractivity (Wildman–Crippen MR) is 80.8 cm³/mol. The minimum atomic E-state index is -0.0796. The maximum atomic E-state index is 12.2. The number of amides is 1. The third-order valence-electron chi connectivity index (χ3n) is 3.69. The van der Waals surface area contributed by atoms with Crippen molar-refractivity contribution >= 4 is 17.5 Å². The number of fused-ring (bicyclic) bond motifs is 1. The molecule has 20 heavy (non-hydrogen) atoms. The van der Waals surface area contributed by atoms with Crippen molar-refractivity contribution in [2.24, 2.45) is 0 Å². The molecule has 3 rings (SSSR count). The van der Waals surface area contributed by atoms with Crippen LogP contribution in [0.1, 0.15) is 22.7 Å². The Kier molecular flexibility index (Phi) is 3.75. The Labute approximate surface area is 123 Å². The molecule has 1 amide bonds. The fourth-order valence-corrected chi connectivity index (χ4v) is 3.09. The van der Waals surface area contributed by atoms with E-state index in [1.807, 2.05) is 48.5 Å². The lowest BCUT2D eigenvalue weighted by Crippen LogP contribution is -2.32. The number of carbonyl (C=O) groups is 1. The van der Waals surface area contributed by atoms with E-state index >= 15 is 0 Å². The van der Waals surface area contributed by atoms with Gasteiger partial charge in [-0.05, 0) is 23.1 Å². The molecule has 1 aliphatic carbocycles. The lowest BCUT2D eigenvalue weighted by atomic mass is 10.1. The molecule has 0 bridgehead atoms. The highest BCUT2D eigenvalue weighted by atomic mass is 35.5. The van der Waals surface area contributed by atoms with Crippen LogP contribution in [0.15, 0.2) is 54.6 Å². The molecule has 2 aromatic rings. The maximum absolute atomic E-state index is 12.2. The Morgan fingerprint density at radius 2 is 1.80 bits per heavy atom. The highest BCUT2D eigenvalue weighted by Gasteiger charge is 2.31. The lowest BCUT2D eigenvalue weighted by Gasteiger charge is -2.17. The van der Waals surface area contributed by atoms with Gasteiger partial charge in [0.15, 0.2) is 0 Å². The number of benzene rings is 2. The SMILES string of the molecule is O=C(Cc1ccccc1)NC1c2ccccc2CC1Cl. The molecule has 1 aliphatic rings. The Bertz CT molecular complexity index is 611. The second kappa shape index (κ2) is 5.68. The van der Waals surface area contributed by atoms with E-state index in [1.165, 1.54) is 5.56 Å². The fraction of sp³-hybridized carbons (Fsp3) is 0.235. The van der Waals surface area contributed by atoms with Gasteiger partial charge in [0.1, 0.15) is 0 Å². The fourth-order valence-electron chi connectivity index (χ4n) is 2.72. The molecule has 3 heteroatoms. The molecule has 0 heterocycles. The molecule has 0 radical (unpaired) electrons. The molecular weight excluding hydrogens is 270 g/mol. The van der Waals surface area contributed by atoms with Crippen LogP contribution in [-0.4, -0.2) is 11.3 Å². The van der Waals surface area contributed by atoms with E-state index in [1.54, 1.807) is 0 Å². The number of alkyl halides is 1. The van der Waals surface area contributed by atoms with Crippen molar-refractivity contribution in [2.75, 3.05) is 0 Å². The normalized spacial score (nSPS) is 20.4. The van der Waals surface area contributed by atoms with Gasteiger partial charge in [0.2, 0.25) is 5.91 Å². The van der Waals surface area contributed by atoms with Crippen molar-refractivity contribution in [2.45, 2.75) is 24.3 Å². The molecule has 0 aromatic heterocycles. The molecule has 2 nitrogen and oxygen atoms in total. The van der Waals surface area contributed by atoms with Gasteiger partial charge in [-0.3, -0.25) is 4.79 Å². The Hall–Kier alpha value is -1.80. The second-order valence-corrected chi connectivity index (χ2v) is 5.69. The van der Waals surface area contributed by atoms with Crippen LogP contribution in [-0.2, 0) is 17.6 Å². The molecule has 2 unspecified atom stereocenters. The first-order valence-electron chi connectivity index (χ1n) is 6.79. The molecule has 1 N–H and O–H groups in total. The van der Waals surface area contributed by atoms with Gasteiger partial charge in [0, 0.05) is 0 Å². The van der Waals surface area contributed by atoms with Crippen molar-refractivity contribution in [1.82, 2.24) is 5.32 Å². The average molecular weight is 286 g/mol. The summed E-state index contributed by atoms with van der Waals surface area (Å²) in [4.78, 5) is 12.2. The van der Waals surface area contributed by atoms with Gasteiger partial charge >= 0.3 is 0 Å². The topological polar surface area (TPSA) is 29.1 Å². The largest absolute Gasteiger partial charge is 0.347 e. The highest BCUT2D eigenvalue weighted by Crippen LogP contribution is 2.34. The zero-order chi connectivity index (χ0) is 13.9. The zero-order valence-corrected chi connectivity index (χ0v) is 11.8. The van der Waals surface area contributed by atoms with Crippen molar-refractivity contribution in [1.29, 1.82) is 0 Å². The minimum Gasteiger partial charge on any atom is -0.347 e. The van der Waals surface area contributed by atoms with Gasteiger partial charge in [-0.15, -0.1) is 11.6 Å². The van der Waals surface area contributed by atoms with Gasteiger partial charge in [-0.2, -0.15) is 0 Å². The van der Waals surface area contributed by atoms with Crippen LogP contribution in [0, 0.1) is 0 Å². The smallest absolute Gasteiger partial charge is 0.224 e. The maximum Gasteiger partial charge on any atom is 0.224 e.